The van der Waals surface area contributed by atoms with Crippen LogP contribution in [0.5, 0.6) is 0 Å². The number of ether oxygens (including phenoxy) is 3. The van der Waals surface area contributed by atoms with Crippen molar-refractivity contribution in [1.29, 1.82) is 0 Å². The molecule has 73 heavy (non-hydrogen) atoms. The lowest BCUT2D eigenvalue weighted by atomic mass is 10.0. The zero-order chi connectivity index (χ0) is 52.9. The van der Waals surface area contributed by atoms with Crippen LogP contribution in [0.1, 0.15) is 393 Å². The Balaban J connectivity index is 4.22. The minimum Gasteiger partial charge on any atom is -0.462 e. The van der Waals surface area contributed by atoms with Crippen LogP contribution in [-0.4, -0.2) is 37.2 Å². The van der Waals surface area contributed by atoms with E-state index in [9.17, 15) is 14.4 Å². The number of hydrogen-bond acceptors (Lipinski definition) is 6. The lowest BCUT2D eigenvalue weighted by molar-refractivity contribution is -0.167. The van der Waals surface area contributed by atoms with Gasteiger partial charge in [-0.2, -0.15) is 0 Å². The predicted octanol–water partition coefficient (Wildman–Crippen LogP) is 22.7. The normalized spacial score (nSPS) is 11.9. The molecule has 6 nitrogen and oxygen atoms in total. The Kier molecular flexibility index (Phi) is 61.6. The zero-order valence-electron chi connectivity index (χ0n) is 50.0. The van der Waals surface area contributed by atoms with Crippen LogP contribution in [0.4, 0.5) is 0 Å². The predicted molar refractivity (Wildman–Crippen MR) is 317 cm³/mol. The second-order valence-electron chi connectivity index (χ2n) is 23.1. The second-order valence-corrected chi connectivity index (χ2v) is 23.1. The van der Waals surface area contributed by atoms with Crippen molar-refractivity contribution in [3.8, 4) is 0 Å². The van der Waals surface area contributed by atoms with Crippen LogP contribution in [0.25, 0.3) is 0 Å². The number of hydrogen-bond donors (Lipinski definition) is 0. The molecule has 0 saturated heterocycles. The first kappa shape index (κ1) is 71.4. The molecule has 1 atom stereocenters. The first-order chi connectivity index (χ1) is 36.0. The third kappa shape index (κ3) is 61.1. The summed E-state index contributed by atoms with van der Waals surface area (Å²) >= 11 is 0. The van der Waals surface area contributed by atoms with Gasteiger partial charge in [-0.25, -0.2) is 0 Å². The van der Waals surface area contributed by atoms with E-state index in [1.54, 1.807) is 0 Å². The van der Waals surface area contributed by atoms with Gasteiger partial charge < -0.3 is 14.2 Å². The number of unbranched alkanes of at least 4 members (excludes halogenated alkanes) is 52. The van der Waals surface area contributed by atoms with Gasteiger partial charge in [-0.15, -0.1) is 0 Å². The quantitative estimate of drug-likeness (QED) is 0.0343. The molecule has 0 saturated carbocycles. The summed E-state index contributed by atoms with van der Waals surface area (Å²) in [5, 5.41) is 0. The number of rotatable bonds is 63. The van der Waals surface area contributed by atoms with Crippen LogP contribution in [-0.2, 0) is 28.6 Å². The van der Waals surface area contributed by atoms with Crippen molar-refractivity contribution in [1.82, 2.24) is 0 Å². The van der Waals surface area contributed by atoms with E-state index in [-0.39, 0.29) is 31.1 Å². The molecule has 0 fully saturated rings. The van der Waals surface area contributed by atoms with Gasteiger partial charge in [0.25, 0.3) is 0 Å². The number of carbonyl (C=O) groups excluding carboxylic acids is 3. The first-order valence-corrected chi connectivity index (χ1v) is 33.5. The third-order valence-corrected chi connectivity index (χ3v) is 15.6. The fourth-order valence-corrected chi connectivity index (χ4v) is 10.6. The van der Waals surface area contributed by atoms with Gasteiger partial charge in [-0.1, -0.05) is 355 Å². The summed E-state index contributed by atoms with van der Waals surface area (Å²) in [5.74, 6) is -0.822. The second kappa shape index (κ2) is 62.9. The average Bonchev–Trinajstić information content (AvgIpc) is 3.39. The molecule has 0 spiro atoms. The Morgan fingerprint density at radius 1 is 0.219 bits per heavy atom. The Bertz CT molecular complexity index is 1090. The van der Waals surface area contributed by atoms with Crippen molar-refractivity contribution in [2.75, 3.05) is 13.2 Å². The van der Waals surface area contributed by atoms with Crippen molar-refractivity contribution in [3.63, 3.8) is 0 Å². The third-order valence-electron chi connectivity index (χ3n) is 15.6. The summed E-state index contributed by atoms with van der Waals surface area (Å²) in [6, 6.07) is 0. The van der Waals surface area contributed by atoms with Crippen LogP contribution in [0.15, 0.2) is 0 Å². The van der Waals surface area contributed by atoms with Crippen molar-refractivity contribution in [2.45, 2.75) is 399 Å². The SMILES string of the molecule is CCCCCCCCCCCCCCCCCCCCCCCCCC(=O)OCC(COC(=O)CCCCCCCCCCCCCCCC)OC(=O)CCCCCCCCCCCCCCCCCCCC. The maximum atomic E-state index is 12.9. The molecule has 0 aliphatic heterocycles. The molecule has 0 aromatic rings. The lowest BCUT2D eigenvalue weighted by Gasteiger charge is -2.18. The van der Waals surface area contributed by atoms with Crippen molar-refractivity contribution in [3.05, 3.63) is 0 Å². The first-order valence-electron chi connectivity index (χ1n) is 33.5. The average molecular weight is 1030 g/mol. The lowest BCUT2D eigenvalue weighted by Crippen LogP contribution is -2.30. The molecule has 0 aliphatic rings. The van der Waals surface area contributed by atoms with Gasteiger partial charge in [-0.3, -0.25) is 14.4 Å². The van der Waals surface area contributed by atoms with Crippen LogP contribution in [0.3, 0.4) is 0 Å². The van der Waals surface area contributed by atoms with E-state index in [2.05, 4.69) is 20.8 Å². The Morgan fingerprint density at radius 2 is 0.370 bits per heavy atom. The summed E-state index contributed by atoms with van der Waals surface area (Å²) in [6.45, 7) is 6.74. The van der Waals surface area contributed by atoms with Crippen molar-refractivity contribution < 1.29 is 28.6 Å². The van der Waals surface area contributed by atoms with Gasteiger partial charge in [0.05, 0.1) is 0 Å². The highest BCUT2D eigenvalue weighted by Crippen LogP contribution is 2.19. The van der Waals surface area contributed by atoms with Gasteiger partial charge in [0.2, 0.25) is 0 Å². The molecule has 434 valence electrons. The van der Waals surface area contributed by atoms with E-state index in [0.29, 0.717) is 19.3 Å². The maximum Gasteiger partial charge on any atom is 0.306 e. The highest BCUT2D eigenvalue weighted by atomic mass is 16.6. The highest BCUT2D eigenvalue weighted by molar-refractivity contribution is 5.71. The van der Waals surface area contributed by atoms with E-state index >= 15 is 0 Å². The molecule has 0 amide bonds. The van der Waals surface area contributed by atoms with Gasteiger partial charge in [-0.05, 0) is 19.3 Å². The van der Waals surface area contributed by atoms with Crippen LogP contribution < -0.4 is 0 Å². The van der Waals surface area contributed by atoms with Gasteiger partial charge in [0, 0.05) is 19.3 Å². The molecule has 0 rings (SSSR count). The smallest absolute Gasteiger partial charge is 0.306 e. The van der Waals surface area contributed by atoms with Gasteiger partial charge in [0.1, 0.15) is 13.2 Å². The summed E-state index contributed by atoms with van der Waals surface area (Å²) in [4.78, 5) is 38.3. The van der Waals surface area contributed by atoms with Crippen LogP contribution >= 0.6 is 0 Å². The Hall–Kier alpha value is -1.59. The molecule has 6 heteroatoms. The molecule has 0 aromatic heterocycles. The van der Waals surface area contributed by atoms with Crippen LogP contribution in [0.2, 0.25) is 0 Å². The van der Waals surface area contributed by atoms with Crippen molar-refractivity contribution in [2.24, 2.45) is 0 Å². The molecule has 0 aliphatic carbocycles. The number of carbonyl (C=O) groups is 3. The van der Waals surface area contributed by atoms with Gasteiger partial charge >= 0.3 is 17.9 Å². The molecular weight excluding hydrogens is 901 g/mol. The fraction of sp³-hybridized carbons (Fsp3) is 0.955. The number of esters is 3. The Labute approximate surface area is 457 Å². The standard InChI is InChI=1S/C67H130O6/c1-4-7-10-13-16-19-22-25-28-30-32-33-34-35-36-38-39-42-45-48-51-54-57-60-66(69)72-63-64(62-71-65(68)59-56-53-50-47-44-41-27-24-21-18-15-12-9-6-3)73-67(70)61-58-55-52-49-46-43-40-37-31-29-26-23-20-17-14-11-8-5-2/h64H,4-63H2,1-3H3. The van der Waals surface area contributed by atoms with Gasteiger partial charge in [0.15, 0.2) is 6.10 Å². The molecule has 0 radical (unpaired) electrons. The van der Waals surface area contributed by atoms with E-state index in [1.807, 2.05) is 0 Å². The maximum absolute atomic E-state index is 12.9. The summed E-state index contributed by atoms with van der Waals surface area (Å²) in [7, 11) is 0. The topological polar surface area (TPSA) is 78.9 Å². The van der Waals surface area contributed by atoms with E-state index in [4.69, 9.17) is 14.2 Å². The molecular formula is C67H130O6. The monoisotopic (exact) mass is 1030 g/mol. The zero-order valence-corrected chi connectivity index (χ0v) is 50.0. The minimum absolute atomic E-state index is 0.0603. The minimum atomic E-state index is -0.762. The van der Waals surface area contributed by atoms with Crippen molar-refractivity contribution >= 4 is 17.9 Å². The summed E-state index contributed by atoms with van der Waals surface area (Å²) < 4.78 is 17.0. The summed E-state index contributed by atoms with van der Waals surface area (Å²) in [5.41, 5.74) is 0. The molecule has 0 aromatic carbocycles. The molecule has 0 N–H and O–H groups in total. The largest absolute Gasteiger partial charge is 0.462 e. The van der Waals surface area contributed by atoms with E-state index in [1.165, 1.54) is 295 Å². The highest BCUT2D eigenvalue weighted by Gasteiger charge is 2.19. The van der Waals surface area contributed by atoms with Crippen LogP contribution in [0, 0.1) is 0 Å². The fourth-order valence-electron chi connectivity index (χ4n) is 10.6. The molecule has 1 unspecified atom stereocenters. The van der Waals surface area contributed by atoms with E-state index < -0.39 is 6.10 Å². The Morgan fingerprint density at radius 3 is 0.548 bits per heavy atom. The summed E-state index contributed by atoms with van der Waals surface area (Å²) in [6.07, 6.45) is 72.6. The molecule has 0 heterocycles. The molecule has 0 bridgehead atoms. The van der Waals surface area contributed by atoms with E-state index in [0.717, 1.165) is 57.8 Å².